The van der Waals surface area contributed by atoms with Crippen LogP contribution in [0.3, 0.4) is 0 Å². The number of anilines is 1. The van der Waals surface area contributed by atoms with Gasteiger partial charge < -0.3 is 10.2 Å². The number of amides is 2. The molecule has 0 aliphatic carbocycles. The fraction of sp³-hybridized carbons (Fsp3) is 0.222. The second-order valence-corrected chi connectivity index (χ2v) is 8.64. The van der Waals surface area contributed by atoms with Crippen molar-refractivity contribution in [3.63, 3.8) is 0 Å². The van der Waals surface area contributed by atoms with Gasteiger partial charge in [0.1, 0.15) is 10.7 Å². The summed E-state index contributed by atoms with van der Waals surface area (Å²) in [6.07, 6.45) is 0. The normalized spacial score (nSPS) is 12.3. The molecule has 0 radical (unpaired) electrons. The number of sulfonamides is 1. The number of benzene rings is 2. The molecule has 0 aromatic heterocycles. The van der Waals surface area contributed by atoms with E-state index in [4.69, 9.17) is 23.2 Å². The van der Waals surface area contributed by atoms with Crippen LogP contribution in [0.25, 0.3) is 0 Å². The van der Waals surface area contributed by atoms with Crippen LogP contribution in [0.1, 0.15) is 6.92 Å². The molecule has 2 N–H and O–H groups in total. The Bertz CT molecular complexity index is 1030. The van der Waals surface area contributed by atoms with Gasteiger partial charge in [0, 0.05) is 12.7 Å². The lowest BCUT2D eigenvalue weighted by atomic mass is 10.3. The van der Waals surface area contributed by atoms with E-state index in [1.807, 2.05) is 0 Å². The predicted molar refractivity (Wildman–Crippen MR) is 109 cm³/mol. The quantitative estimate of drug-likeness (QED) is 0.662. The lowest BCUT2D eigenvalue weighted by molar-refractivity contribution is -0.134. The number of rotatable bonds is 7. The Kier molecular flexibility index (Phi) is 7.59. The van der Waals surface area contributed by atoms with Gasteiger partial charge in [-0.05, 0) is 37.3 Å². The highest BCUT2D eigenvalue weighted by Gasteiger charge is 2.27. The molecule has 0 heterocycles. The number of hydrogen-bond donors (Lipinski definition) is 2. The lowest BCUT2D eigenvalue weighted by Crippen LogP contribution is -2.47. The lowest BCUT2D eigenvalue weighted by Gasteiger charge is -2.21. The van der Waals surface area contributed by atoms with Crippen molar-refractivity contribution >= 4 is 50.7 Å². The molecule has 1 atom stereocenters. The van der Waals surface area contributed by atoms with Gasteiger partial charge in [-0.25, -0.2) is 12.8 Å². The van der Waals surface area contributed by atoms with Crippen molar-refractivity contribution in [1.29, 1.82) is 0 Å². The van der Waals surface area contributed by atoms with Crippen LogP contribution in [-0.2, 0) is 19.6 Å². The molecule has 0 spiro atoms. The summed E-state index contributed by atoms with van der Waals surface area (Å²) in [6, 6.07) is 8.08. The Labute approximate surface area is 177 Å². The van der Waals surface area contributed by atoms with E-state index in [0.29, 0.717) is 10.7 Å². The first kappa shape index (κ1) is 23.1. The van der Waals surface area contributed by atoms with Crippen molar-refractivity contribution in [2.45, 2.75) is 17.9 Å². The maximum atomic E-state index is 13.7. The summed E-state index contributed by atoms with van der Waals surface area (Å²) >= 11 is 11.7. The zero-order chi connectivity index (χ0) is 21.8. The largest absolute Gasteiger partial charge is 0.335 e. The van der Waals surface area contributed by atoms with Gasteiger partial charge in [0.15, 0.2) is 0 Å². The van der Waals surface area contributed by atoms with Crippen molar-refractivity contribution in [1.82, 2.24) is 9.62 Å². The predicted octanol–water partition coefficient (Wildman–Crippen LogP) is 2.90. The SMILES string of the molecule is C[C@H](NS(=O)(=O)c1ccccc1F)C(=O)N(C)CC(=O)Nc1ccc(Cl)c(Cl)c1. The fourth-order valence-electron chi connectivity index (χ4n) is 2.41. The Morgan fingerprint density at radius 3 is 2.41 bits per heavy atom. The summed E-state index contributed by atoms with van der Waals surface area (Å²) in [5, 5.41) is 3.13. The summed E-state index contributed by atoms with van der Waals surface area (Å²) in [7, 11) is -2.92. The van der Waals surface area contributed by atoms with Gasteiger partial charge in [-0.3, -0.25) is 9.59 Å². The minimum Gasteiger partial charge on any atom is -0.335 e. The van der Waals surface area contributed by atoms with Gasteiger partial charge in [0.05, 0.1) is 22.6 Å². The zero-order valence-electron chi connectivity index (χ0n) is 15.4. The molecule has 0 unspecified atom stereocenters. The summed E-state index contributed by atoms with van der Waals surface area (Å²) in [5.74, 6) is -2.13. The number of nitrogens with zero attached hydrogens (tertiary/aromatic N) is 1. The smallest absolute Gasteiger partial charge is 0.244 e. The molecule has 0 saturated carbocycles. The number of carbonyl (C=O) groups excluding carboxylic acids is 2. The van der Waals surface area contributed by atoms with Crippen molar-refractivity contribution < 1.29 is 22.4 Å². The molecule has 2 aromatic carbocycles. The van der Waals surface area contributed by atoms with Gasteiger partial charge in [0.25, 0.3) is 0 Å². The summed E-state index contributed by atoms with van der Waals surface area (Å²) < 4.78 is 40.4. The molecule has 0 aliphatic heterocycles. The second-order valence-electron chi connectivity index (χ2n) is 6.14. The number of nitrogens with one attached hydrogen (secondary N) is 2. The average Bonchev–Trinajstić information content (AvgIpc) is 2.63. The number of carbonyl (C=O) groups is 2. The van der Waals surface area contributed by atoms with Gasteiger partial charge >= 0.3 is 0 Å². The van der Waals surface area contributed by atoms with E-state index >= 15 is 0 Å². The van der Waals surface area contributed by atoms with Gasteiger partial charge in [-0.15, -0.1) is 0 Å². The highest BCUT2D eigenvalue weighted by Crippen LogP contribution is 2.25. The minimum absolute atomic E-state index is 0.255. The zero-order valence-corrected chi connectivity index (χ0v) is 17.8. The Hall–Kier alpha value is -2.20. The highest BCUT2D eigenvalue weighted by atomic mass is 35.5. The van der Waals surface area contributed by atoms with E-state index in [1.165, 1.54) is 38.2 Å². The highest BCUT2D eigenvalue weighted by molar-refractivity contribution is 7.89. The van der Waals surface area contributed by atoms with Crippen molar-refractivity contribution in [3.05, 3.63) is 58.3 Å². The number of halogens is 3. The van der Waals surface area contributed by atoms with E-state index in [9.17, 15) is 22.4 Å². The van der Waals surface area contributed by atoms with Crippen LogP contribution in [0.2, 0.25) is 10.0 Å². The first-order valence-corrected chi connectivity index (χ1v) is 10.5. The van der Waals surface area contributed by atoms with Crippen molar-refractivity contribution in [3.8, 4) is 0 Å². The van der Waals surface area contributed by atoms with Crippen LogP contribution in [0.15, 0.2) is 47.4 Å². The van der Waals surface area contributed by atoms with Gasteiger partial charge in [-0.1, -0.05) is 35.3 Å². The van der Waals surface area contributed by atoms with Crippen molar-refractivity contribution in [2.24, 2.45) is 0 Å². The van der Waals surface area contributed by atoms with E-state index in [1.54, 1.807) is 6.07 Å². The number of hydrogen-bond acceptors (Lipinski definition) is 4. The monoisotopic (exact) mass is 461 g/mol. The third-order valence-corrected chi connectivity index (χ3v) is 6.10. The second kappa shape index (κ2) is 9.53. The summed E-state index contributed by atoms with van der Waals surface area (Å²) in [5.41, 5.74) is 0.388. The van der Waals surface area contributed by atoms with Crippen LogP contribution < -0.4 is 10.0 Å². The van der Waals surface area contributed by atoms with Crippen LogP contribution in [0.5, 0.6) is 0 Å². The van der Waals surface area contributed by atoms with E-state index < -0.39 is 38.6 Å². The molecule has 2 amide bonds. The van der Waals surface area contributed by atoms with Gasteiger partial charge in [-0.2, -0.15) is 4.72 Å². The molecule has 11 heteroatoms. The molecule has 156 valence electrons. The molecular formula is C18H18Cl2FN3O4S. The first-order chi connectivity index (χ1) is 13.5. The molecule has 7 nitrogen and oxygen atoms in total. The first-order valence-electron chi connectivity index (χ1n) is 8.28. The fourth-order valence-corrected chi connectivity index (χ4v) is 3.98. The topological polar surface area (TPSA) is 95.6 Å². The molecular weight excluding hydrogens is 444 g/mol. The number of likely N-dealkylation sites (N-methyl/N-ethyl adjacent to an activating group) is 1. The van der Waals surface area contributed by atoms with E-state index in [-0.39, 0.29) is 11.6 Å². The minimum atomic E-state index is -4.25. The van der Waals surface area contributed by atoms with Gasteiger partial charge in [0.2, 0.25) is 21.8 Å². The Morgan fingerprint density at radius 1 is 1.14 bits per heavy atom. The summed E-state index contributed by atoms with van der Waals surface area (Å²) in [6.45, 7) is 0.957. The van der Waals surface area contributed by atoms with Crippen LogP contribution in [-0.4, -0.2) is 44.8 Å². The van der Waals surface area contributed by atoms with E-state index in [0.717, 1.165) is 17.0 Å². The maximum absolute atomic E-state index is 13.7. The molecule has 0 bridgehead atoms. The van der Waals surface area contributed by atoms with Crippen LogP contribution >= 0.6 is 23.2 Å². The maximum Gasteiger partial charge on any atom is 0.244 e. The van der Waals surface area contributed by atoms with Crippen molar-refractivity contribution in [2.75, 3.05) is 18.9 Å². The van der Waals surface area contributed by atoms with E-state index in [2.05, 4.69) is 10.0 Å². The Morgan fingerprint density at radius 2 is 1.79 bits per heavy atom. The average molecular weight is 462 g/mol. The third-order valence-electron chi connectivity index (χ3n) is 3.79. The van der Waals surface area contributed by atoms with Crippen LogP contribution in [0.4, 0.5) is 10.1 Å². The molecule has 0 aliphatic rings. The molecule has 2 rings (SSSR count). The standard InChI is InChI=1S/C18H18Cl2FN3O4S/c1-11(23-29(27,28)16-6-4-3-5-15(16)21)18(26)24(2)10-17(25)22-12-7-8-13(19)14(20)9-12/h3-9,11,23H,10H2,1-2H3,(H,22,25)/t11-/m0/s1. The molecule has 0 saturated heterocycles. The molecule has 2 aromatic rings. The Balaban J connectivity index is 1.98. The molecule has 0 fully saturated rings. The molecule has 29 heavy (non-hydrogen) atoms. The van der Waals surface area contributed by atoms with Crippen LogP contribution in [0, 0.1) is 5.82 Å². The summed E-state index contributed by atoms with van der Waals surface area (Å²) in [4.78, 5) is 25.0. The third kappa shape index (κ3) is 6.14.